The highest BCUT2D eigenvalue weighted by Gasteiger charge is 2.32. The minimum Gasteiger partial charge on any atom is -0.314 e. The predicted octanol–water partition coefficient (Wildman–Crippen LogP) is 5.69. The van der Waals surface area contributed by atoms with Gasteiger partial charge >= 0.3 is 0 Å². The highest BCUT2D eigenvalue weighted by Crippen LogP contribution is 2.38. The van der Waals surface area contributed by atoms with Crippen LogP contribution in [0.15, 0.2) is 0 Å². The summed E-state index contributed by atoms with van der Waals surface area (Å²) in [6.45, 7) is 1.30. The summed E-state index contributed by atoms with van der Waals surface area (Å²) in [7, 11) is 0. The van der Waals surface area contributed by atoms with E-state index in [4.69, 9.17) is 0 Å². The highest BCUT2D eigenvalue weighted by atomic mass is 14.9. The molecule has 122 valence electrons. The van der Waals surface area contributed by atoms with Crippen LogP contribution in [-0.4, -0.2) is 12.6 Å². The third-order valence-electron chi connectivity index (χ3n) is 6.76. The van der Waals surface area contributed by atoms with Crippen molar-refractivity contribution in [1.29, 1.82) is 0 Å². The molecule has 21 heavy (non-hydrogen) atoms. The molecule has 2 atom stereocenters. The van der Waals surface area contributed by atoms with Gasteiger partial charge < -0.3 is 5.32 Å². The lowest BCUT2D eigenvalue weighted by atomic mass is 9.71. The van der Waals surface area contributed by atoms with E-state index in [2.05, 4.69) is 5.32 Å². The van der Waals surface area contributed by atoms with Gasteiger partial charge in [0.2, 0.25) is 0 Å². The molecule has 0 amide bonds. The number of rotatable bonds is 5. The van der Waals surface area contributed by atoms with E-state index >= 15 is 0 Å². The van der Waals surface area contributed by atoms with Crippen molar-refractivity contribution < 1.29 is 0 Å². The smallest absolute Gasteiger partial charge is 0.00979 e. The van der Waals surface area contributed by atoms with E-state index < -0.39 is 0 Å². The Kier molecular flexibility index (Phi) is 6.45. The quantitative estimate of drug-likeness (QED) is 0.686. The van der Waals surface area contributed by atoms with Crippen molar-refractivity contribution in [3.8, 4) is 0 Å². The van der Waals surface area contributed by atoms with E-state index in [1.165, 1.54) is 103 Å². The molecule has 0 aliphatic heterocycles. The molecule has 1 N–H and O–H groups in total. The van der Waals surface area contributed by atoms with Crippen molar-refractivity contribution in [2.24, 2.45) is 17.8 Å². The molecule has 1 nitrogen and oxygen atoms in total. The maximum atomic E-state index is 4.02. The number of hydrogen-bond acceptors (Lipinski definition) is 1. The van der Waals surface area contributed by atoms with Gasteiger partial charge in [0, 0.05) is 6.04 Å². The molecule has 3 aliphatic carbocycles. The molecule has 3 rings (SSSR count). The summed E-state index contributed by atoms with van der Waals surface area (Å²) < 4.78 is 0. The normalized spacial score (nSPS) is 33.1. The Morgan fingerprint density at radius 3 is 2.00 bits per heavy atom. The monoisotopic (exact) mass is 291 g/mol. The minimum absolute atomic E-state index is 0.866. The molecule has 0 aromatic carbocycles. The lowest BCUT2D eigenvalue weighted by Gasteiger charge is -2.39. The van der Waals surface area contributed by atoms with Crippen LogP contribution in [0.4, 0.5) is 0 Å². The first-order valence-corrected chi connectivity index (χ1v) is 10.2. The molecule has 0 aromatic heterocycles. The second-order valence-electron chi connectivity index (χ2n) is 8.20. The van der Waals surface area contributed by atoms with Crippen molar-refractivity contribution in [2.45, 2.75) is 102 Å². The van der Waals surface area contributed by atoms with Crippen LogP contribution in [-0.2, 0) is 0 Å². The fourth-order valence-corrected chi connectivity index (χ4v) is 5.49. The third kappa shape index (κ3) is 4.71. The van der Waals surface area contributed by atoms with Gasteiger partial charge in [0.1, 0.15) is 0 Å². The molecule has 0 radical (unpaired) electrons. The Bertz CT molecular complexity index is 276. The van der Waals surface area contributed by atoms with Gasteiger partial charge in [-0.1, -0.05) is 77.0 Å². The molecule has 0 heterocycles. The third-order valence-corrected chi connectivity index (χ3v) is 6.76. The van der Waals surface area contributed by atoms with Crippen LogP contribution in [0.1, 0.15) is 96.3 Å². The zero-order chi connectivity index (χ0) is 14.3. The molecule has 0 saturated heterocycles. The van der Waals surface area contributed by atoms with E-state index in [-0.39, 0.29) is 0 Å². The predicted molar refractivity (Wildman–Crippen MR) is 91.5 cm³/mol. The van der Waals surface area contributed by atoms with E-state index in [0.717, 1.165) is 23.8 Å². The molecule has 3 aliphatic rings. The summed E-state index contributed by atoms with van der Waals surface area (Å²) >= 11 is 0. The fraction of sp³-hybridized carbons (Fsp3) is 1.00. The van der Waals surface area contributed by atoms with Gasteiger partial charge in [0.05, 0.1) is 0 Å². The van der Waals surface area contributed by atoms with Gasteiger partial charge in [-0.25, -0.2) is 0 Å². The second kappa shape index (κ2) is 8.56. The van der Waals surface area contributed by atoms with Gasteiger partial charge in [-0.05, 0) is 43.6 Å². The molecule has 2 unspecified atom stereocenters. The Balaban J connectivity index is 1.42. The fourth-order valence-electron chi connectivity index (χ4n) is 5.49. The zero-order valence-electron chi connectivity index (χ0n) is 14.1. The summed E-state index contributed by atoms with van der Waals surface area (Å²) in [5, 5.41) is 4.02. The van der Waals surface area contributed by atoms with Gasteiger partial charge in [-0.2, -0.15) is 0 Å². The van der Waals surface area contributed by atoms with Gasteiger partial charge in [-0.15, -0.1) is 0 Å². The van der Waals surface area contributed by atoms with Gasteiger partial charge in [0.25, 0.3) is 0 Å². The molecule has 1 heteroatoms. The topological polar surface area (TPSA) is 12.0 Å². The van der Waals surface area contributed by atoms with Crippen molar-refractivity contribution in [1.82, 2.24) is 5.32 Å². The van der Waals surface area contributed by atoms with Crippen LogP contribution in [0.3, 0.4) is 0 Å². The molecule has 3 saturated carbocycles. The standard InChI is InChI=1S/C20H37N/c1-3-9-17(10-4-1)15-16-21-20-14-8-7-13-19(20)18-11-5-2-6-12-18/h17-21H,1-16H2. The van der Waals surface area contributed by atoms with E-state index in [1.807, 2.05) is 0 Å². The Labute approximate surface area is 132 Å². The van der Waals surface area contributed by atoms with Crippen LogP contribution in [0.2, 0.25) is 0 Å². The first kappa shape index (κ1) is 15.8. The molecular formula is C20H37N. The summed E-state index contributed by atoms with van der Waals surface area (Å²) in [6, 6.07) is 0.866. The minimum atomic E-state index is 0.866. The zero-order valence-corrected chi connectivity index (χ0v) is 14.1. The Morgan fingerprint density at radius 2 is 1.24 bits per heavy atom. The van der Waals surface area contributed by atoms with Crippen molar-refractivity contribution >= 4 is 0 Å². The summed E-state index contributed by atoms with van der Waals surface area (Å²) in [6.07, 6.45) is 22.5. The Hall–Kier alpha value is -0.0400. The van der Waals surface area contributed by atoms with Crippen LogP contribution in [0, 0.1) is 17.8 Å². The Morgan fingerprint density at radius 1 is 0.619 bits per heavy atom. The van der Waals surface area contributed by atoms with E-state index in [1.54, 1.807) is 0 Å². The lowest BCUT2D eigenvalue weighted by Crippen LogP contribution is -2.43. The first-order chi connectivity index (χ1) is 10.4. The second-order valence-corrected chi connectivity index (χ2v) is 8.20. The number of hydrogen-bond donors (Lipinski definition) is 1. The molecule has 0 aromatic rings. The molecule has 0 bridgehead atoms. The SMILES string of the molecule is C1CCC(CCNC2CCCCC2C2CCCCC2)CC1. The summed E-state index contributed by atoms with van der Waals surface area (Å²) in [5.74, 6) is 3.12. The van der Waals surface area contributed by atoms with Gasteiger partial charge in [-0.3, -0.25) is 0 Å². The molecule has 0 spiro atoms. The molecule has 3 fully saturated rings. The molecular weight excluding hydrogens is 254 g/mol. The first-order valence-electron chi connectivity index (χ1n) is 10.2. The van der Waals surface area contributed by atoms with Crippen molar-refractivity contribution in [3.05, 3.63) is 0 Å². The van der Waals surface area contributed by atoms with Crippen LogP contribution < -0.4 is 5.32 Å². The summed E-state index contributed by atoms with van der Waals surface area (Å²) in [4.78, 5) is 0. The van der Waals surface area contributed by atoms with Crippen molar-refractivity contribution in [3.63, 3.8) is 0 Å². The average Bonchev–Trinajstić information content (AvgIpc) is 2.57. The van der Waals surface area contributed by atoms with Crippen LogP contribution in [0.25, 0.3) is 0 Å². The highest BCUT2D eigenvalue weighted by molar-refractivity contribution is 4.87. The van der Waals surface area contributed by atoms with E-state index in [0.29, 0.717) is 0 Å². The average molecular weight is 292 g/mol. The summed E-state index contributed by atoms with van der Waals surface area (Å²) in [5.41, 5.74) is 0. The van der Waals surface area contributed by atoms with Crippen LogP contribution >= 0.6 is 0 Å². The number of nitrogens with one attached hydrogen (secondary N) is 1. The maximum absolute atomic E-state index is 4.02. The van der Waals surface area contributed by atoms with E-state index in [9.17, 15) is 0 Å². The maximum Gasteiger partial charge on any atom is 0.00979 e. The van der Waals surface area contributed by atoms with Gasteiger partial charge in [0.15, 0.2) is 0 Å². The lowest BCUT2D eigenvalue weighted by molar-refractivity contribution is 0.148. The largest absolute Gasteiger partial charge is 0.314 e. The van der Waals surface area contributed by atoms with Crippen molar-refractivity contribution in [2.75, 3.05) is 6.54 Å². The van der Waals surface area contributed by atoms with Crippen LogP contribution in [0.5, 0.6) is 0 Å².